The van der Waals surface area contributed by atoms with Gasteiger partial charge in [-0.2, -0.15) is 0 Å². The fourth-order valence-corrected chi connectivity index (χ4v) is 3.15. The molecule has 2 N–H and O–H groups in total. The monoisotopic (exact) mass is 415 g/mol. The molecule has 0 radical (unpaired) electrons. The van der Waals surface area contributed by atoms with Crippen molar-refractivity contribution >= 4 is 17.6 Å². The summed E-state index contributed by atoms with van der Waals surface area (Å²) in [6.45, 7) is 0.144. The van der Waals surface area contributed by atoms with Crippen LogP contribution in [-0.2, 0) is 33.8 Å². The van der Waals surface area contributed by atoms with Crippen LogP contribution in [0.2, 0.25) is 0 Å². The maximum Gasteiger partial charge on any atom is 0.289 e. The Hall–Kier alpha value is -3.80. The number of aryl methyl sites for hydroxylation is 1. The lowest BCUT2D eigenvalue weighted by Crippen LogP contribution is -2.48. The van der Waals surface area contributed by atoms with E-state index in [0.29, 0.717) is 12.1 Å². The number of pyridine rings is 1. The first kappa shape index (κ1) is 21.9. The van der Waals surface area contributed by atoms with Crippen molar-refractivity contribution in [2.24, 2.45) is 0 Å². The zero-order chi connectivity index (χ0) is 21.9. The third-order valence-corrected chi connectivity index (χ3v) is 4.80. The van der Waals surface area contributed by atoms with Gasteiger partial charge < -0.3 is 10.6 Å². The summed E-state index contributed by atoms with van der Waals surface area (Å²) in [6, 6.07) is 23.4. The quantitative estimate of drug-likeness (QED) is 0.498. The smallest absolute Gasteiger partial charge is 0.289 e. The summed E-state index contributed by atoms with van der Waals surface area (Å²) in [5.74, 6) is -1.68. The molecule has 2 amide bonds. The van der Waals surface area contributed by atoms with E-state index in [4.69, 9.17) is 0 Å². The number of Topliss-reactive ketones (excluding diaryl/α,β-unsaturated/α-hetero) is 1. The first-order chi connectivity index (χ1) is 15.1. The van der Waals surface area contributed by atoms with Crippen molar-refractivity contribution in [2.45, 2.75) is 31.8 Å². The zero-order valence-electron chi connectivity index (χ0n) is 17.2. The largest absolute Gasteiger partial charge is 0.345 e. The van der Waals surface area contributed by atoms with Crippen LogP contribution >= 0.6 is 0 Å². The van der Waals surface area contributed by atoms with Gasteiger partial charge in [-0.05, 0) is 29.7 Å². The molecular weight excluding hydrogens is 390 g/mol. The van der Waals surface area contributed by atoms with Gasteiger partial charge in [0, 0.05) is 19.0 Å². The molecule has 0 aliphatic rings. The zero-order valence-corrected chi connectivity index (χ0v) is 17.2. The molecule has 2 aromatic carbocycles. The Morgan fingerprint density at radius 3 is 2.10 bits per heavy atom. The number of hydrogen-bond donors (Lipinski definition) is 2. The fraction of sp³-hybridized carbons (Fsp3) is 0.200. The molecule has 3 aromatic rings. The van der Waals surface area contributed by atoms with Crippen molar-refractivity contribution in [1.82, 2.24) is 15.6 Å². The summed E-state index contributed by atoms with van der Waals surface area (Å²) < 4.78 is 0. The Kier molecular flexibility index (Phi) is 8.05. The molecule has 0 fully saturated rings. The maximum atomic E-state index is 12.8. The van der Waals surface area contributed by atoms with Gasteiger partial charge in [-0.3, -0.25) is 19.4 Å². The van der Waals surface area contributed by atoms with Gasteiger partial charge in [-0.15, -0.1) is 0 Å². The van der Waals surface area contributed by atoms with Crippen molar-refractivity contribution in [3.8, 4) is 0 Å². The minimum atomic E-state index is -0.936. The molecule has 0 unspecified atom stereocenters. The number of nitrogens with zero attached hydrogens (tertiary/aromatic N) is 1. The van der Waals surface area contributed by atoms with Crippen LogP contribution in [0.25, 0.3) is 0 Å². The molecule has 0 aliphatic heterocycles. The average Bonchev–Trinajstić information content (AvgIpc) is 2.82. The van der Waals surface area contributed by atoms with Gasteiger partial charge in [0.15, 0.2) is 0 Å². The van der Waals surface area contributed by atoms with Gasteiger partial charge in [0.2, 0.25) is 11.7 Å². The lowest BCUT2D eigenvalue weighted by Gasteiger charge is -2.18. The van der Waals surface area contributed by atoms with Crippen LogP contribution in [0.1, 0.15) is 23.2 Å². The summed E-state index contributed by atoms with van der Waals surface area (Å²) in [4.78, 5) is 41.9. The van der Waals surface area contributed by atoms with Crippen LogP contribution in [0.4, 0.5) is 0 Å². The third kappa shape index (κ3) is 7.19. The normalized spacial score (nSPS) is 11.4. The molecule has 3 rings (SSSR count). The average molecular weight is 415 g/mol. The van der Waals surface area contributed by atoms with E-state index >= 15 is 0 Å². The predicted molar refractivity (Wildman–Crippen MR) is 118 cm³/mol. The Morgan fingerprint density at radius 1 is 0.806 bits per heavy atom. The van der Waals surface area contributed by atoms with E-state index in [1.807, 2.05) is 66.7 Å². The van der Waals surface area contributed by atoms with E-state index in [9.17, 15) is 14.4 Å². The van der Waals surface area contributed by atoms with Crippen LogP contribution in [0, 0.1) is 0 Å². The van der Waals surface area contributed by atoms with E-state index in [1.54, 1.807) is 18.3 Å². The van der Waals surface area contributed by atoms with Crippen LogP contribution in [0.3, 0.4) is 0 Å². The first-order valence-corrected chi connectivity index (χ1v) is 10.2. The highest BCUT2D eigenvalue weighted by Gasteiger charge is 2.27. The van der Waals surface area contributed by atoms with E-state index in [1.165, 1.54) is 0 Å². The Morgan fingerprint density at radius 2 is 1.45 bits per heavy atom. The summed E-state index contributed by atoms with van der Waals surface area (Å²) in [5, 5.41) is 5.34. The number of benzene rings is 2. The van der Waals surface area contributed by atoms with Crippen LogP contribution in [0.5, 0.6) is 0 Å². The SMILES string of the molecule is O=C(CCc1ccccc1)N[C@H](Cc1ccccc1)C(=O)C(=O)NCc1ccccn1. The summed E-state index contributed by atoms with van der Waals surface area (Å²) >= 11 is 0. The number of ketones is 1. The second-order valence-electron chi connectivity index (χ2n) is 7.16. The Labute approximate surface area is 181 Å². The molecule has 31 heavy (non-hydrogen) atoms. The number of nitrogens with one attached hydrogen (secondary N) is 2. The standard InChI is InChI=1S/C25H25N3O3/c29-23(15-14-19-9-3-1-4-10-19)28-22(17-20-11-5-2-6-12-20)24(30)25(31)27-18-21-13-7-8-16-26-21/h1-13,16,22H,14-15,17-18H2,(H,27,31)(H,28,29)/t22-/m1/s1. The van der Waals surface area contributed by atoms with Gasteiger partial charge in [0.05, 0.1) is 12.2 Å². The molecule has 6 heteroatoms. The molecule has 0 aliphatic carbocycles. The first-order valence-electron chi connectivity index (χ1n) is 10.2. The summed E-state index contributed by atoms with van der Waals surface area (Å²) in [5.41, 5.74) is 2.55. The highest BCUT2D eigenvalue weighted by Crippen LogP contribution is 2.07. The fourth-order valence-electron chi connectivity index (χ4n) is 3.15. The van der Waals surface area contributed by atoms with E-state index < -0.39 is 17.7 Å². The summed E-state index contributed by atoms with van der Waals surface area (Å²) in [6.07, 6.45) is 2.66. The van der Waals surface area contributed by atoms with Crippen LogP contribution < -0.4 is 10.6 Å². The minimum Gasteiger partial charge on any atom is -0.345 e. The van der Waals surface area contributed by atoms with Gasteiger partial charge in [0.1, 0.15) is 6.04 Å². The number of amides is 2. The van der Waals surface area contributed by atoms with Crippen molar-refractivity contribution in [3.63, 3.8) is 0 Å². The Balaban J connectivity index is 1.62. The number of carbonyl (C=O) groups excluding carboxylic acids is 3. The van der Waals surface area contributed by atoms with Crippen molar-refractivity contribution in [1.29, 1.82) is 0 Å². The lowest BCUT2D eigenvalue weighted by atomic mass is 10.0. The third-order valence-electron chi connectivity index (χ3n) is 4.80. The molecular formula is C25H25N3O3. The molecule has 6 nitrogen and oxygen atoms in total. The van der Waals surface area contributed by atoms with E-state index in [0.717, 1.165) is 11.1 Å². The molecule has 1 aromatic heterocycles. The number of hydrogen-bond acceptors (Lipinski definition) is 4. The molecule has 1 heterocycles. The van der Waals surface area contributed by atoms with Gasteiger partial charge in [0.25, 0.3) is 5.91 Å². The second-order valence-corrected chi connectivity index (χ2v) is 7.16. The number of aromatic nitrogens is 1. The van der Waals surface area contributed by atoms with Crippen molar-refractivity contribution in [3.05, 3.63) is 102 Å². The van der Waals surface area contributed by atoms with Crippen molar-refractivity contribution < 1.29 is 14.4 Å². The second kappa shape index (κ2) is 11.4. The molecule has 0 saturated carbocycles. The highest BCUT2D eigenvalue weighted by molar-refractivity contribution is 6.38. The van der Waals surface area contributed by atoms with E-state index in [-0.39, 0.29) is 25.3 Å². The minimum absolute atomic E-state index is 0.144. The Bertz CT molecular complexity index is 992. The summed E-state index contributed by atoms with van der Waals surface area (Å²) in [7, 11) is 0. The van der Waals surface area contributed by atoms with Crippen LogP contribution in [-0.4, -0.2) is 28.6 Å². The van der Waals surface area contributed by atoms with E-state index in [2.05, 4.69) is 15.6 Å². The van der Waals surface area contributed by atoms with Crippen molar-refractivity contribution in [2.75, 3.05) is 0 Å². The number of carbonyl (C=O) groups is 3. The molecule has 158 valence electrons. The highest BCUT2D eigenvalue weighted by atomic mass is 16.2. The van der Waals surface area contributed by atoms with Gasteiger partial charge >= 0.3 is 0 Å². The van der Waals surface area contributed by atoms with Gasteiger partial charge in [-0.1, -0.05) is 66.7 Å². The van der Waals surface area contributed by atoms with Gasteiger partial charge in [-0.25, -0.2) is 0 Å². The maximum absolute atomic E-state index is 12.8. The lowest BCUT2D eigenvalue weighted by molar-refractivity contribution is -0.140. The molecule has 0 saturated heterocycles. The topological polar surface area (TPSA) is 88.2 Å². The predicted octanol–water partition coefficient (Wildman–Crippen LogP) is 2.63. The molecule has 1 atom stereocenters. The molecule has 0 spiro atoms. The molecule has 0 bridgehead atoms. The number of rotatable bonds is 10. The van der Waals surface area contributed by atoms with Crippen LogP contribution in [0.15, 0.2) is 85.1 Å².